The normalized spacial score (nSPS) is 10.8. The topological polar surface area (TPSA) is 34.1 Å². The number of unbranched alkanes of at least 4 members (excludes halogenated alkanes) is 13. The molecule has 0 spiro atoms. The predicted molar refractivity (Wildman–Crippen MR) is 95.2 cm³/mol. The van der Waals surface area contributed by atoms with Crippen molar-refractivity contribution in [2.45, 2.75) is 117 Å². The Morgan fingerprint density at radius 1 is 0.409 bits per heavy atom. The largest absolute Gasteiger partial charge is 0.300 e. The van der Waals surface area contributed by atoms with Crippen molar-refractivity contribution in [2.24, 2.45) is 0 Å². The summed E-state index contributed by atoms with van der Waals surface area (Å²) in [5, 5.41) is 0. The van der Waals surface area contributed by atoms with Crippen molar-refractivity contribution >= 4 is 11.6 Å². The molecule has 0 unspecified atom stereocenters. The summed E-state index contributed by atoms with van der Waals surface area (Å²) in [6.07, 6.45) is 19.7. The number of hydrogen-bond acceptors (Lipinski definition) is 2. The molecule has 0 heterocycles. The van der Waals surface area contributed by atoms with Crippen LogP contribution in [0, 0.1) is 0 Å². The lowest BCUT2D eigenvalue weighted by Gasteiger charge is -2.03. The Kier molecular flexibility index (Phi) is 16.2. The fourth-order valence-electron chi connectivity index (χ4n) is 2.87. The molecule has 22 heavy (non-hydrogen) atoms. The zero-order valence-corrected chi connectivity index (χ0v) is 15.1. The molecular weight excluding hydrogens is 272 g/mol. The van der Waals surface area contributed by atoms with E-state index in [4.69, 9.17) is 0 Å². The molecule has 0 aliphatic carbocycles. The summed E-state index contributed by atoms with van der Waals surface area (Å²) in [5.41, 5.74) is 0. The van der Waals surface area contributed by atoms with E-state index in [9.17, 15) is 9.59 Å². The SMILES string of the molecule is CC(=O)CCCCCCCCCCCCCCCCC(C)=O. The molecule has 0 N–H and O–H groups in total. The van der Waals surface area contributed by atoms with Gasteiger partial charge in [0.25, 0.3) is 0 Å². The van der Waals surface area contributed by atoms with E-state index in [1.54, 1.807) is 13.8 Å². The first kappa shape index (κ1) is 21.3. The summed E-state index contributed by atoms with van der Waals surface area (Å²) in [7, 11) is 0. The van der Waals surface area contributed by atoms with Gasteiger partial charge in [0, 0.05) is 12.8 Å². The summed E-state index contributed by atoms with van der Waals surface area (Å²) in [6, 6.07) is 0. The van der Waals surface area contributed by atoms with Gasteiger partial charge in [0.15, 0.2) is 0 Å². The fourth-order valence-corrected chi connectivity index (χ4v) is 2.87. The van der Waals surface area contributed by atoms with Crippen LogP contribution in [0.5, 0.6) is 0 Å². The summed E-state index contributed by atoms with van der Waals surface area (Å²) in [5.74, 6) is 0.665. The first-order valence-electron chi connectivity index (χ1n) is 9.62. The summed E-state index contributed by atoms with van der Waals surface area (Å²) < 4.78 is 0. The Hall–Kier alpha value is -0.660. The van der Waals surface area contributed by atoms with Crippen LogP contribution in [0.2, 0.25) is 0 Å². The molecule has 0 aliphatic rings. The number of hydrogen-bond donors (Lipinski definition) is 0. The molecular formula is C20H38O2. The third-order valence-electron chi connectivity index (χ3n) is 4.31. The maximum absolute atomic E-state index is 10.8. The number of carbonyl (C=O) groups is 2. The molecule has 0 saturated heterocycles. The predicted octanol–water partition coefficient (Wildman–Crippen LogP) is 6.41. The average Bonchev–Trinajstić information content (AvgIpc) is 2.46. The van der Waals surface area contributed by atoms with Gasteiger partial charge in [0.1, 0.15) is 11.6 Å². The van der Waals surface area contributed by atoms with Crippen LogP contribution in [0.1, 0.15) is 117 Å². The molecule has 0 fully saturated rings. The highest BCUT2D eigenvalue weighted by atomic mass is 16.1. The molecule has 0 bridgehead atoms. The molecule has 2 nitrogen and oxygen atoms in total. The van der Waals surface area contributed by atoms with Crippen molar-refractivity contribution in [1.29, 1.82) is 0 Å². The van der Waals surface area contributed by atoms with E-state index in [0.717, 1.165) is 25.7 Å². The maximum atomic E-state index is 10.8. The van der Waals surface area contributed by atoms with Crippen LogP contribution < -0.4 is 0 Å². The molecule has 0 atom stereocenters. The van der Waals surface area contributed by atoms with Crippen molar-refractivity contribution in [3.63, 3.8) is 0 Å². The minimum Gasteiger partial charge on any atom is -0.300 e. The Morgan fingerprint density at radius 3 is 0.773 bits per heavy atom. The zero-order valence-electron chi connectivity index (χ0n) is 15.1. The molecule has 0 aromatic carbocycles. The van der Waals surface area contributed by atoms with Gasteiger partial charge in [-0.1, -0.05) is 77.0 Å². The minimum absolute atomic E-state index is 0.332. The molecule has 2 heteroatoms. The summed E-state index contributed by atoms with van der Waals surface area (Å²) >= 11 is 0. The molecule has 130 valence electrons. The van der Waals surface area contributed by atoms with Crippen molar-refractivity contribution in [1.82, 2.24) is 0 Å². The molecule has 0 aliphatic heterocycles. The minimum atomic E-state index is 0.332. The third kappa shape index (κ3) is 19.3. The van der Waals surface area contributed by atoms with E-state index in [2.05, 4.69) is 0 Å². The van der Waals surface area contributed by atoms with Crippen LogP contribution in [0.25, 0.3) is 0 Å². The van der Waals surface area contributed by atoms with E-state index < -0.39 is 0 Å². The maximum Gasteiger partial charge on any atom is 0.129 e. The quantitative estimate of drug-likeness (QED) is 0.291. The van der Waals surface area contributed by atoms with Crippen LogP contribution in [0.4, 0.5) is 0 Å². The monoisotopic (exact) mass is 310 g/mol. The second-order valence-corrected chi connectivity index (χ2v) is 6.85. The van der Waals surface area contributed by atoms with Gasteiger partial charge in [0.05, 0.1) is 0 Å². The highest BCUT2D eigenvalue weighted by Crippen LogP contribution is 2.13. The number of rotatable bonds is 17. The highest BCUT2D eigenvalue weighted by molar-refractivity contribution is 5.75. The first-order valence-corrected chi connectivity index (χ1v) is 9.62. The Morgan fingerprint density at radius 2 is 0.591 bits per heavy atom. The Labute approximate surface area is 138 Å². The number of Topliss-reactive ketones (excluding diaryl/α,β-unsaturated/α-hetero) is 2. The summed E-state index contributed by atoms with van der Waals surface area (Å²) in [4.78, 5) is 21.6. The molecule has 0 rings (SSSR count). The molecule has 0 radical (unpaired) electrons. The molecule has 0 saturated carbocycles. The number of carbonyl (C=O) groups excluding carboxylic acids is 2. The van der Waals surface area contributed by atoms with E-state index in [1.807, 2.05) is 0 Å². The lowest BCUT2D eigenvalue weighted by atomic mass is 10.0. The van der Waals surface area contributed by atoms with Crippen molar-refractivity contribution in [2.75, 3.05) is 0 Å². The van der Waals surface area contributed by atoms with Gasteiger partial charge in [-0.25, -0.2) is 0 Å². The van der Waals surface area contributed by atoms with Crippen LogP contribution in [0.3, 0.4) is 0 Å². The van der Waals surface area contributed by atoms with Gasteiger partial charge >= 0.3 is 0 Å². The van der Waals surface area contributed by atoms with Gasteiger partial charge in [-0.2, -0.15) is 0 Å². The standard InChI is InChI=1S/C20H38O2/c1-19(21)17-15-13-11-9-7-5-3-4-6-8-10-12-14-16-18-20(2)22/h3-18H2,1-2H3. The van der Waals surface area contributed by atoms with Gasteiger partial charge in [-0.3, -0.25) is 0 Å². The van der Waals surface area contributed by atoms with Crippen molar-refractivity contribution in [3.8, 4) is 0 Å². The Balaban J connectivity index is 2.99. The van der Waals surface area contributed by atoms with Gasteiger partial charge in [-0.05, 0) is 26.7 Å². The number of ketones is 2. The lowest BCUT2D eigenvalue weighted by molar-refractivity contribution is -0.117. The van der Waals surface area contributed by atoms with Crippen molar-refractivity contribution < 1.29 is 9.59 Å². The van der Waals surface area contributed by atoms with Gasteiger partial charge in [0.2, 0.25) is 0 Å². The van der Waals surface area contributed by atoms with Crippen LogP contribution in [-0.4, -0.2) is 11.6 Å². The third-order valence-corrected chi connectivity index (χ3v) is 4.31. The first-order chi connectivity index (χ1) is 10.6. The molecule has 0 amide bonds. The van der Waals surface area contributed by atoms with Gasteiger partial charge < -0.3 is 9.59 Å². The van der Waals surface area contributed by atoms with Crippen LogP contribution >= 0.6 is 0 Å². The summed E-state index contributed by atoms with van der Waals surface area (Å²) in [6.45, 7) is 3.37. The van der Waals surface area contributed by atoms with Crippen LogP contribution in [-0.2, 0) is 9.59 Å². The average molecular weight is 311 g/mol. The van der Waals surface area contributed by atoms with Crippen LogP contribution in [0.15, 0.2) is 0 Å². The van der Waals surface area contributed by atoms with Gasteiger partial charge in [-0.15, -0.1) is 0 Å². The van der Waals surface area contributed by atoms with E-state index in [1.165, 1.54) is 77.0 Å². The van der Waals surface area contributed by atoms with Crippen molar-refractivity contribution in [3.05, 3.63) is 0 Å². The van der Waals surface area contributed by atoms with E-state index in [-0.39, 0.29) is 0 Å². The second-order valence-electron chi connectivity index (χ2n) is 6.85. The second kappa shape index (κ2) is 16.7. The fraction of sp³-hybridized carbons (Fsp3) is 0.900. The zero-order chi connectivity index (χ0) is 16.5. The smallest absolute Gasteiger partial charge is 0.129 e. The van der Waals surface area contributed by atoms with E-state index >= 15 is 0 Å². The molecule has 0 aromatic heterocycles. The Bertz CT molecular complexity index is 243. The van der Waals surface area contributed by atoms with E-state index in [0.29, 0.717) is 11.6 Å². The highest BCUT2D eigenvalue weighted by Gasteiger charge is 1.96. The molecule has 0 aromatic rings. The lowest BCUT2D eigenvalue weighted by Crippen LogP contribution is -1.89.